The summed E-state index contributed by atoms with van der Waals surface area (Å²) in [5.41, 5.74) is 0. The molecule has 0 aromatic heterocycles. The summed E-state index contributed by atoms with van der Waals surface area (Å²) in [5, 5.41) is 0. The quantitative estimate of drug-likeness (QED) is 0.220. The van der Waals surface area contributed by atoms with Gasteiger partial charge in [-0.3, -0.25) is 0 Å². The van der Waals surface area contributed by atoms with E-state index in [1.165, 1.54) is 0 Å². The average molecular weight is 338 g/mol. The van der Waals surface area contributed by atoms with Gasteiger partial charge in [0.05, 0.1) is 0 Å². The molecule has 0 amide bonds. The molecular formula is BaCaO6S2. The van der Waals surface area contributed by atoms with E-state index in [0.29, 0.717) is 0 Å². The van der Waals surface area contributed by atoms with Gasteiger partial charge in [0, 0.05) is 0 Å². The first kappa shape index (κ1) is 22.9. The molecule has 0 unspecified atom stereocenters. The molecule has 0 aromatic rings. The van der Waals surface area contributed by atoms with Crippen LogP contribution in [0.3, 0.4) is 0 Å². The molecule has 52 valence electrons. The largest absolute Gasteiger partial charge is 2.00 e. The molecule has 0 rings (SSSR count). The maximum Gasteiger partial charge on any atom is 2.00 e. The molecule has 6 nitrogen and oxygen atoms in total. The zero-order valence-corrected chi connectivity index (χ0v) is 13.0. The van der Waals surface area contributed by atoms with Crippen molar-refractivity contribution in [3.05, 3.63) is 0 Å². The molecule has 10 heteroatoms. The van der Waals surface area contributed by atoms with Crippen LogP contribution in [0.4, 0.5) is 0 Å². The normalized spacial score (nSPS) is 6.80. The summed E-state index contributed by atoms with van der Waals surface area (Å²) in [4.78, 5) is 0. The molecule has 0 fully saturated rings. The summed E-state index contributed by atoms with van der Waals surface area (Å²) >= 11 is 0. The maximum absolute atomic E-state index is 8.44. The van der Waals surface area contributed by atoms with Gasteiger partial charge in [-0.05, 0) is 0 Å². The smallest absolute Gasteiger partial charge is 0.917 e. The van der Waals surface area contributed by atoms with Gasteiger partial charge >= 0.3 is 86.6 Å². The molecule has 0 saturated carbocycles. The Morgan fingerprint density at radius 3 is 0.800 bits per heavy atom. The molecule has 0 aliphatic rings. The van der Waals surface area contributed by atoms with Gasteiger partial charge in [-0.1, -0.05) is 0 Å². The van der Waals surface area contributed by atoms with Crippen molar-refractivity contribution in [3.8, 4) is 0 Å². The van der Waals surface area contributed by atoms with E-state index >= 15 is 0 Å². The van der Waals surface area contributed by atoms with Crippen LogP contribution in [0.15, 0.2) is 0 Å². The summed E-state index contributed by atoms with van der Waals surface area (Å²) in [6.07, 6.45) is 0. The number of hydrogen-bond acceptors (Lipinski definition) is 8. The molecule has 0 heterocycles. The molecule has 0 aromatic carbocycles. The van der Waals surface area contributed by atoms with Crippen molar-refractivity contribution in [3.63, 3.8) is 0 Å². The number of hydrogen-bond donors (Lipinski definition) is 0. The monoisotopic (exact) mass is 338 g/mol. The van der Waals surface area contributed by atoms with E-state index in [9.17, 15) is 0 Å². The second kappa shape index (κ2) is 17.7. The summed E-state index contributed by atoms with van der Waals surface area (Å²) < 4.78 is 50.7. The second-order valence-corrected chi connectivity index (χ2v) is 1.22. The second-order valence-electron chi connectivity index (χ2n) is 0.408. The van der Waals surface area contributed by atoms with Crippen LogP contribution in [0, 0.1) is 0 Å². The summed E-state index contributed by atoms with van der Waals surface area (Å²) in [6.45, 7) is 0. The van der Waals surface area contributed by atoms with E-state index in [1.54, 1.807) is 0 Å². The third-order valence-corrected chi connectivity index (χ3v) is 0. The fourth-order valence-electron chi connectivity index (χ4n) is 0. The van der Waals surface area contributed by atoms with E-state index in [0.717, 1.165) is 0 Å². The Morgan fingerprint density at radius 1 is 0.800 bits per heavy atom. The Bertz CT molecular complexity index is 133. The van der Waals surface area contributed by atoms with Gasteiger partial charge < -0.3 is 25.9 Å². The predicted molar refractivity (Wildman–Crippen MR) is 30.5 cm³/mol. The molecule has 0 aliphatic heterocycles. The fraction of sp³-hybridized carbons (Fsp3) is 0. The Morgan fingerprint density at radius 2 is 0.800 bits per heavy atom. The van der Waals surface area contributed by atoms with Crippen LogP contribution < -0.4 is 0 Å². The van der Waals surface area contributed by atoms with E-state index < -0.39 is 22.0 Å². The molecule has 0 aliphatic carbocycles. The van der Waals surface area contributed by atoms with Crippen LogP contribution in [0.2, 0.25) is 0 Å². The van der Waals surface area contributed by atoms with Gasteiger partial charge in [0.15, 0.2) is 0 Å². The minimum atomic E-state index is -3.11. The molecule has 0 saturated heterocycles. The van der Waals surface area contributed by atoms with Crippen molar-refractivity contribution in [2.45, 2.75) is 0 Å². The van der Waals surface area contributed by atoms with Gasteiger partial charge in [-0.2, -0.15) is 22.0 Å². The van der Waals surface area contributed by atoms with Crippen LogP contribution in [-0.2, 0) is 38.8 Å². The van der Waals surface area contributed by atoms with Crippen LogP contribution in [0.5, 0.6) is 0 Å². The van der Waals surface area contributed by atoms with Gasteiger partial charge in [0.1, 0.15) is 0 Å². The summed E-state index contributed by atoms with van der Waals surface area (Å²) in [6, 6.07) is 0. The minimum Gasteiger partial charge on any atom is -0.917 e. The van der Waals surface area contributed by atoms with Crippen LogP contribution >= 0.6 is 0 Å². The van der Waals surface area contributed by atoms with Crippen molar-refractivity contribution < 1.29 is 25.9 Å². The Labute approximate surface area is 131 Å². The summed E-state index contributed by atoms with van der Waals surface area (Å²) in [5.74, 6) is 0. The molecule has 0 radical (unpaired) electrons. The van der Waals surface area contributed by atoms with Gasteiger partial charge in [0.25, 0.3) is 0 Å². The molecular weight excluding hydrogens is 338 g/mol. The zero-order chi connectivity index (χ0) is 7.15. The van der Waals surface area contributed by atoms with Crippen molar-refractivity contribution in [1.82, 2.24) is 0 Å². The minimum absolute atomic E-state index is 0. The molecule has 0 atom stereocenters. The van der Waals surface area contributed by atoms with Gasteiger partial charge in [0.2, 0.25) is 0 Å². The van der Waals surface area contributed by atoms with Crippen LogP contribution in [0.1, 0.15) is 0 Å². The molecule has 0 N–H and O–H groups in total. The average Bonchev–Trinajstić information content (AvgIpc) is 1.25. The standard InChI is InChI=1S/Ba.Ca.2O3S/c;;2*1-4(2)3/q2*+2;2*-2. The Kier molecular flexibility index (Phi) is 40.5. The van der Waals surface area contributed by atoms with Crippen molar-refractivity contribution >= 4 is 109 Å². The van der Waals surface area contributed by atoms with Crippen LogP contribution in [-0.4, -0.2) is 95.7 Å². The van der Waals surface area contributed by atoms with E-state index in [4.69, 9.17) is 25.9 Å². The fourth-order valence-corrected chi connectivity index (χ4v) is 0. The topological polar surface area (TPSA) is 114 Å². The third kappa shape index (κ3) is 141. The zero-order valence-electron chi connectivity index (χ0n) is 4.68. The Balaban J connectivity index is -0.0000000300. The van der Waals surface area contributed by atoms with Gasteiger partial charge in [-0.15, -0.1) is 0 Å². The van der Waals surface area contributed by atoms with Crippen molar-refractivity contribution in [2.24, 2.45) is 0 Å². The van der Waals surface area contributed by atoms with E-state index in [2.05, 4.69) is 0 Å². The maximum atomic E-state index is 8.44. The first-order valence-corrected chi connectivity index (χ1v) is 3.00. The molecule has 0 spiro atoms. The SMILES string of the molecule is O=[S-](=O)[O-].O=[S-](=O)[O-].[Ba+2].[Ca+2]. The first-order chi connectivity index (χ1) is 3.46. The van der Waals surface area contributed by atoms with Gasteiger partial charge in [-0.25, -0.2) is 0 Å². The van der Waals surface area contributed by atoms with Crippen LogP contribution in [0.25, 0.3) is 0 Å². The Hall–Kier alpha value is 2.65. The van der Waals surface area contributed by atoms with Crippen molar-refractivity contribution in [2.75, 3.05) is 0 Å². The molecule has 10 heavy (non-hydrogen) atoms. The summed E-state index contributed by atoms with van der Waals surface area (Å²) in [7, 11) is -6.22. The van der Waals surface area contributed by atoms with E-state index in [1.807, 2.05) is 0 Å². The van der Waals surface area contributed by atoms with Crippen molar-refractivity contribution in [1.29, 1.82) is 0 Å². The third-order valence-electron chi connectivity index (χ3n) is 0. The molecule has 0 bridgehead atoms. The first-order valence-electron chi connectivity index (χ1n) is 1.00. The predicted octanol–water partition coefficient (Wildman–Crippen LogP) is -1.91. The number of rotatable bonds is 0. The van der Waals surface area contributed by atoms with E-state index in [-0.39, 0.29) is 86.6 Å².